The number of halogens is 2. The van der Waals surface area contributed by atoms with E-state index in [4.69, 9.17) is 9.84 Å². The van der Waals surface area contributed by atoms with E-state index in [-0.39, 0.29) is 5.69 Å². The number of carboxylic acid groups (broad SMARTS) is 1. The average Bonchev–Trinajstić information content (AvgIpc) is 2.73. The number of hydrogen-bond donors (Lipinski definition) is 2. The second kappa shape index (κ2) is 8.93. The molecule has 2 aromatic carbocycles. The zero-order valence-corrected chi connectivity index (χ0v) is 20.5. The largest absolute Gasteiger partial charge is 0.482 e. The zero-order chi connectivity index (χ0) is 23.9. The number of rotatable bonds is 4. The maximum Gasteiger partial charge on any atom is 0.338 e. The summed E-state index contributed by atoms with van der Waals surface area (Å²) in [7, 11) is 0. The number of hydrogen-bond acceptors (Lipinski definition) is 3. The van der Waals surface area contributed by atoms with Gasteiger partial charge in [0.2, 0.25) is 0 Å². The Morgan fingerprint density at radius 3 is 2.48 bits per heavy atom. The van der Waals surface area contributed by atoms with Crippen molar-refractivity contribution in [2.45, 2.75) is 52.1 Å². The number of anilines is 1. The highest BCUT2D eigenvalue weighted by atomic mass is 79.9. The van der Waals surface area contributed by atoms with Crippen LogP contribution in [-0.4, -0.2) is 22.6 Å². The van der Waals surface area contributed by atoms with Crippen LogP contribution in [0.2, 0.25) is 0 Å². The Morgan fingerprint density at radius 2 is 1.85 bits per heavy atom. The van der Waals surface area contributed by atoms with E-state index in [0.717, 1.165) is 42.2 Å². The third-order valence-electron chi connectivity index (χ3n) is 6.40. The minimum Gasteiger partial charge on any atom is -0.482 e. The molecule has 0 aromatic heterocycles. The molecule has 1 aliphatic heterocycles. The van der Waals surface area contributed by atoms with E-state index in [1.165, 1.54) is 24.5 Å². The van der Waals surface area contributed by atoms with Crippen LogP contribution < -0.4 is 10.1 Å². The lowest BCUT2D eigenvalue weighted by Crippen LogP contribution is -2.31. The van der Waals surface area contributed by atoms with E-state index < -0.39 is 28.9 Å². The summed E-state index contributed by atoms with van der Waals surface area (Å²) >= 11 is 3.58. The van der Waals surface area contributed by atoms with Gasteiger partial charge in [-0.1, -0.05) is 19.8 Å². The van der Waals surface area contributed by atoms with Gasteiger partial charge >= 0.3 is 5.97 Å². The summed E-state index contributed by atoms with van der Waals surface area (Å²) in [6.07, 6.45) is 6.73. The molecule has 1 amide bonds. The Bertz CT molecular complexity index is 1150. The van der Waals surface area contributed by atoms with Crippen molar-refractivity contribution < 1.29 is 23.8 Å². The third-order valence-corrected chi connectivity index (χ3v) is 6.99. The van der Waals surface area contributed by atoms with Gasteiger partial charge in [0.1, 0.15) is 17.2 Å². The lowest BCUT2D eigenvalue weighted by molar-refractivity contribution is 0.0691. The van der Waals surface area contributed by atoms with Gasteiger partial charge in [-0.2, -0.15) is 0 Å². The fourth-order valence-corrected chi connectivity index (χ4v) is 5.21. The molecule has 0 bridgehead atoms. The minimum atomic E-state index is -1.36. The van der Waals surface area contributed by atoms with Crippen molar-refractivity contribution in [3.8, 4) is 5.75 Å². The van der Waals surface area contributed by atoms with Crippen molar-refractivity contribution in [1.29, 1.82) is 0 Å². The molecule has 174 valence electrons. The van der Waals surface area contributed by atoms with Crippen molar-refractivity contribution in [3.63, 3.8) is 0 Å². The Labute approximate surface area is 201 Å². The minimum absolute atomic E-state index is 0.186. The van der Waals surface area contributed by atoms with Gasteiger partial charge in [-0.25, -0.2) is 9.18 Å². The van der Waals surface area contributed by atoms with Crippen molar-refractivity contribution in [2.24, 2.45) is 11.8 Å². The molecule has 7 heteroatoms. The maximum absolute atomic E-state index is 14.0. The van der Waals surface area contributed by atoms with Crippen LogP contribution in [0.4, 0.5) is 10.1 Å². The SMILES string of the molecule is CC1CCC(C2=CC(C)(C)Oc3c(Br)cc(C(=O)Nc4ccc(C(=O)O)c(F)c4)cc32)CC1. The number of nitrogens with one attached hydrogen (secondary N) is 1. The van der Waals surface area contributed by atoms with Gasteiger partial charge in [-0.3, -0.25) is 4.79 Å². The normalized spacial score (nSPS) is 21.4. The van der Waals surface area contributed by atoms with Gasteiger partial charge in [0.25, 0.3) is 5.91 Å². The van der Waals surface area contributed by atoms with Crippen LogP contribution in [0.15, 0.2) is 40.9 Å². The summed E-state index contributed by atoms with van der Waals surface area (Å²) in [5, 5.41) is 11.7. The van der Waals surface area contributed by atoms with Gasteiger partial charge in [0.15, 0.2) is 0 Å². The molecule has 5 nitrogen and oxygen atoms in total. The van der Waals surface area contributed by atoms with Crippen molar-refractivity contribution >= 4 is 39.1 Å². The Morgan fingerprint density at radius 1 is 1.15 bits per heavy atom. The summed E-state index contributed by atoms with van der Waals surface area (Å²) in [5.41, 5.74) is 1.80. The molecule has 0 atom stereocenters. The quantitative estimate of drug-likeness (QED) is 0.463. The third kappa shape index (κ3) is 4.98. The van der Waals surface area contributed by atoms with E-state index in [2.05, 4.69) is 34.2 Å². The van der Waals surface area contributed by atoms with Gasteiger partial charge in [0.05, 0.1) is 10.0 Å². The van der Waals surface area contributed by atoms with Crippen LogP contribution in [0.25, 0.3) is 5.57 Å². The summed E-state index contributed by atoms with van der Waals surface area (Å²) in [5.74, 6) is -0.813. The number of carboxylic acids is 1. The fourth-order valence-electron chi connectivity index (χ4n) is 4.67. The molecule has 1 aliphatic carbocycles. The van der Waals surface area contributed by atoms with Crippen LogP contribution in [0.3, 0.4) is 0 Å². The average molecular weight is 516 g/mol. The van der Waals surface area contributed by atoms with E-state index in [1.54, 1.807) is 6.07 Å². The van der Waals surface area contributed by atoms with E-state index >= 15 is 0 Å². The molecule has 0 spiro atoms. The van der Waals surface area contributed by atoms with Crippen molar-refractivity contribution in [2.75, 3.05) is 5.32 Å². The second-order valence-electron chi connectivity index (χ2n) is 9.55. The topological polar surface area (TPSA) is 75.6 Å². The van der Waals surface area contributed by atoms with Crippen LogP contribution in [-0.2, 0) is 0 Å². The number of amides is 1. The van der Waals surface area contributed by atoms with Gasteiger partial charge in [0, 0.05) is 16.8 Å². The lowest BCUT2D eigenvalue weighted by atomic mass is 9.75. The van der Waals surface area contributed by atoms with Gasteiger partial charge in [-0.15, -0.1) is 0 Å². The molecule has 4 rings (SSSR count). The van der Waals surface area contributed by atoms with Crippen LogP contribution in [0.1, 0.15) is 72.7 Å². The van der Waals surface area contributed by atoms with Crippen molar-refractivity contribution in [3.05, 3.63) is 63.4 Å². The molecular formula is C26H27BrFNO4. The number of aromatic carboxylic acids is 1. The van der Waals surface area contributed by atoms with E-state index in [0.29, 0.717) is 16.0 Å². The molecule has 0 radical (unpaired) electrons. The monoisotopic (exact) mass is 515 g/mol. The Kier molecular flexibility index (Phi) is 6.36. The van der Waals surface area contributed by atoms with Gasteiger partial charge in [-0.05, 0) is 96.4 Å². The second-order valence-corrected chi connectivity index (χ2v) is 10.4. The molecule has 0 saturated heterocycles. The smallest absolute Gasteiger partial charge is 0.338 e. The summed E-state index contributed by atoms with van der Waals surface area (Å²) in [6.45, 7) is 6.35. The zero-order valence-electron chi connectivity index (χ0n) is 18.9. The number of carbonyl (C=O) groups excluding carboxylic acids is 1. The Balaban J connectivity index is 1.66. The Hall–Kier alpha value is -2.67. The van der Waals surface area contributed by atoms with Crippen molar-refractivity contribution in [1.82, 2.24) is 0 Å². The fraction of sp³-hybridized carbons (Fsp3) is 0.385. The predicted octanol–water partition coefficient (Wildman–Crippen LogP) is 6.92. The first-order chi connectivity index (χ1) is 15.5. The molecular weight excluding hydrogens is 489 g/mol. The van der Waals surface area contributed by atoms with E-state index in [9.17, 15) is 14.0 Å². The highest BCUT2D eigenvalue weighted by Gasteiger charge is 2.33. The summed E-state index contributed by atoms with van der Waals surface area (Å²) in [6, 6.07) is 7.04. The highest BCUT2D eigenvalue weighted by molar-refractivity contribution is 9.10. The first-order valence-corrected chi connectivity index (χ1v) is 11.9. The number of carbonyl (C=O) groups is 2. The molecule has 2 N–H and O–H groups in total. The van der Waals surface area contributed by atoms with Gasteiger partial charge < -0.3 is 15.2 Å². The molecule has 0 unspecified atom stereocenters. The molecule has 1 fully saturated rings. The first kappa shape index (κ1) is 23.5. The molecule has 33 heavy (non-hydrogen) atoms. The number of ether oxygens (including phenoxy) is 1. The van der Waals surface area contributed by atoms with Crippen LogP contribution >= 0.6 is 15.9 Å². The number of allylic oxidation sites excluding steroid dienone is 1. The molecule has 2 aliphatic rings. The predicted molar refractivity (Wildman–Crippen MR) is 129 cm³/mol. The first-order valence-electron chi connectivity index (χ1n) is 11.1. The maximum atomic E-state index is 14.0. The highest BCUT2D eigenvalue weighted by Crippen LogP contribution is 2.47. The summed E-state index contributed by atoms with van der Waals surface area (Å²) in [4.78, 5) is 24.0. The standard InChI is InChI=1S/C26H27BrFNO4/c1-14-4-6-15(7-5-14)20-13-26(2,3)33-23-19(20)10-16(11-21(23)27)24(30)29-17-8-9-18(25(31)32)22(28)12-17/h8-15H,4-7H2,1-3H3,(H,29,30)(H,31,32). The van der Waals surface area contributed by atoms with Crippen LogP contribution in [0, 0.1) is 17.7 Å². The lowest BCUT2D eigenvalue weighted by Gasteiger charge is -2.37. The molecule has 1 heterocycles. The van der Waals surface area contributed by atoms with E-state index in [1.807, 2.05) is 19.9 Å². The molecule has 1 saturated carbocycles. The number of fused-ring (bicyclic) bond motifs is 1. The number of benzene rings is 2. The summed E-state index contributed by atoms with van der Waals surface area (Å²) < 4.78 is 21.0. The molecule has 2 aromatic rings. The van der Waals surface area contributed by atoms with Crippen LogP contribution in [0.5, 0.6) is 5.75 Å².